The number of hydrogen-bond acceptors (Lipinski definition) is 5. The summed E-state index contributed by atoms with van der Waals surface area (Å²) < 4.78 is 21.8. The summed E-state index contributed by atoms with van der Waals surface area (Å²) in [7, 11) is 1.31. The van der Waals surface area contributed by atoms with E-state index in [4.69, 9.17) is 18.4 Å². The van der Waals surface area contributed by atoms with Crippen LogP contribution in [-0.4, -0.2) is 49.6 Å². The molecule has 0 aliphatic heterocycles. The van der Waals surface area contributed by atoms with Crippen LogP contribution in [0.1, 0.15) is 23.9 Å². The quantitative estimate of drug-likeness (QED) is 0.168. The molecule has 0 amide bonds. The molecule has 2 aromatic heterocycles. The van der Waals surface area contributed by atoms with E-state index in [2.05, 4.69) is 62.4 Å². The fraction of sp³-hybridized carbons (Fsp3) is 0.364. The van der Waals surface area contributed by atoms with E-state index in [-0.39, 0.29) is 5.41 Å². The van der Waals surface area contributed by atoms with E-state index in [1.165, 1.54) is 14.8 Å². The molecule has 0 fully saturated rings. The molecule has 0 saturated heterocycles. The van der Waals surface area contributed by atoms with Gasteiger partial charge >= 0.3 is 0 Å². The van der Waals surface area contributed by atoms with E-state index >= 15 is 0 Å². The molecule has 0 radical (unpaired) electrons. The molecule has 0 unspecified atom stereocenters. The van der Waals surface area contributed by atoms with Crippen molar-refractivity contribution in [3.05, 3.63) is 77.9 Å². The zero-order chi connectivity index (χ0) is 21.1. The van der Waals surface area contributed by atoms with Gasteiger partial charge in [-0.2, -0.15) is 0 Å². The van der Waals surface area contributed by atoms with E-state index in [9.17, 15) is 0 Å². The van der Waals surface area contributed by atoms with Gasteiger partial charge in [-0.15, -0.1) is 0 Å². The topological polar surface area (TPSA) is 68.5 Å². The van der Waals surface area contributed by atoms with Crippen LogP contribution in [0.5, 0.6) is 5.75 Å². The molecule has 2 heterocycles. The second-order valence-electron chi connectivity index (χ2n) is 6.78. The summed E-state index contributed by atoms with van der Waals surface area (Å²) >= 11 is 2.08. The minimum absolute atomic E-state index is 0.297. The van der Waals surface area contributed by atoms with E-state index in [1.54, 1.807) is 0 Å². The van der Waals surface area contributed by atoms with E-state index in [0.717, 1.165) is 17.1 Å². The van der Waals surface area contributed by atoms with Crippen molar-refractivity contribution in [2.24, 2.45) is 0 Å². The van der Waals surface area contributed by atoms with Crippen LogP contribution in [0.15, 0.2) is 60.9 Å². The first-order chi connectivity index (χ1) is 14.7. The Morgan fingerprint density at radius 3 is 1.90 bits per heavy atom. The first kappa shape index (κ1) is 23.2. The van der Waals surface area contributed by atoms with Gasteiger partial charge in [0.25, 0.3) is 0 Å². The van der Waals surface area contributed by atoms with Crippen molar-refractivity contribution >= 4 is 30.4 Å². The summed E-state index contributed by atoms with van der Waals surface area (Å²) in [6, 6.07) is 16.5. The van der Waals surface area contributed by atoms with Crippen LogP contribution >= 0.6 is 30.4 Å². The highest BCUT2D eigenvalue weighted by molar-refractivity contribution is 14.2. The Balaban J connectivity index is 1.47. The number of aromatic nitrogens is 2. The second kappa shape index (κ2) is 12.4. The molecule has 1 aromatic carbocycles. The maximum absolute atomic E-state index is 5.81. The van der Waals surface area contributed by atoms with Crippen molar-refractivity contribution in [2.45, 2.75) is 12.3 Å². The van der Waals surface area contributed by atoms with Crippen molar-refractivity contribution in [1.29, 1.82) is 0 Å². The Morgan fingerprint density at radius 2 is 1.37 bits per heavy atom. The zero-order valence-electron chi connectivity index (χ0n) is 16.9. The Bertz CT molecular complexity index is 791. The molecule has 0 aliphatic rings. The van der Waals surface area contributed by atoms with Crippen LogP contribution < -0.4 is 4.74 Å². The highest BCUT2D eigenvalue weighted by Gasteiger charge is 2.33. The normalized spacial score (nSPS) is 11.7. The van der Waals surface area contributed by atoms with Gasteiger partial charge in [-0.05, 0) is 48.9 Å². The summed E-state index contributed by atoms with van der Waals surface area (Å²) in [6.07, 6.45) is 3.91. The van der Waals surface area contributed by atoms with Crippen molar-refractivity contribution in [3.63, 3.8) is 0 Å². The standard InChI is InChI=1S/C22H27IN2O4S/c1-22(20-4-2-10-24-20,21-5-3-11-25-21)18-6-8-19(9-7-18)28-16-14-26-12-13-27-15-17-29-30-23/h2-11,24-25H,12-17H2,1H3. The molecule has 162 valence electrons. The number of halogens is 1. The van der Waals surface area contributed by atoms with E-state index in [0.29, 0.717) is 39.6 Å². The average molecular weight is 542 g/mol. The summed E-state index contributed by atoms with van der Waals surface area (Å²) in [5, 5.41) is 0. The number of hydrogen-bond donors (Lipinski definition) is 2. The van der Waals surface area contributed by atoms with Crippen molar-refractivity contribution in [1.82, 2.24) is 9.97 Å². The van der Waals surface area contributed by atoms with Crippen LogP contribution in [0.4, 0.5) is 0 Å². The first-order valence-electron chi connectivity index (χ1n) is 9.82. The Hall–Kier alpha value is -1.46. The maximum atomic E-state index is 5.81. The minimum atomic E-state index is -0.297. The lowest BCUT2D eigenvalue weighted by Crippen LogP contribution is -2.26. The summed E-state index contributed by atoms with van der Waals surface area (Å²) in [5.41, 5.74) is 3.15. The number of ether oxygens (including phenoxy) is 3. The molecule has 0 aliphatic carbocycles. The third-order valence-corrected chi connectivity index (χ3v) is 5.95. The highest BCUT2D eigenvalue weighted by Crippen LogP contribution is 2.37. The number of H-pyrrole nitrogens is 2. The van der Waals surface area contributed by atoms with Crippen LogP contribution in [-0.2, 0) is 19.1 Å². The number of benzene rings is 1. The fourth-order valence-electron chi connectivity index (χ4n) is 3.29. The summed E-state index contributed by atoms with van der Waals surface area (Å²) in [5.74, 6) is 0.826. The molecule has 8 heteroatoms. The molecule has 0 spiro atoms. The van der Waals surface area contributed by atoms with E-state index < -0.39 is 0 Å². The zero-order valence-corrected chi connectivity index (χ0v) is 19.9. The van der Waals surface area contributed by atoms with Crippen molar-refractivity contribution < 1.29 is 18.4 Å². The lowest BCUT2D eigenvalue weighted by molar-refractivity contribution is 0.0293. The lowest BCUT2D eigenvalue weighted by Gasteiger charge is -2.29. The molecular weight excluding hydrogens is 515 g/mol. The second-order valence-corrected chi connectivity index (χ2v) is 8.22. The van der Waals surface area contributed by atoms with Crippen LogP contribution in [0.3, 0.4) is 0 Å². The average Bonchev–Trinajstić information content (AvgIpc) is 3.50. The van der Waals surface area contributed by atoms with Gasteiger partial charge in [0.15, 0.2) is 0 Å². The van der Waals surface area contributed by atoms with Gasteiger partial charge in [-0.1, -0.05) is 12.1 Å². The Morgan fingerprint density at radius 1 is 0.800 bits per heavy atom. The third-order valence-electron chi connectivity index (χ3n) is 4.93. The lowest BCUT2D eigenvalue weighted by atomic mass is 9.77. The minimum Gasteiger partial charge on any atom is -0.491 e. The van der Waals surface area contributed by atoms with Crippen LogP contribution in [0, 0.1) is 0 Å². The summed E-state index contributed by atoms with van der Waals surface area (Å²) in [4.78, 5) is 6.73. The largest absolute Gasteiger partial charge is 0.491 e. The van der Waals surface area contributed by atoms with Gasteiger partial charge in [0, 0.05) is 45.0 Å². The number of nitrogens with one attached hydrogen (secondary N) is 2. The molecule has 0 saturated carbocycles. The van der Waals surface area contributed by atoms with Crippen LogP contribution in [0.2, 0.25) is 0 Å². The van der Waals surface area contributed by atoms with Gasteiger partial charge in [0.1, 0.15) is 12.4 Å². The SMILES string of the molecule is CC(c1ccc(OCCOCCOCCOSI)cc1)(c1ccc[nH]1)c1ccc[nH]1. The molecule has 0 bridgehead atoms. The van der Waals surface area contributed by atoms with Crippen molar-refractivity contribution in [2.75, 3.05) is 39.6 Å². The Kier molecular flexibility index (Phi) is 9.60. The predicted molar refractivity (Wildman–Crippen MR) is 128 cm³/mol. The molecule has 2 N–H and O–H groups in total. The molecule has 0 atom stereocenters. The fourth-order valence-corrected chi connectivity index (χ4v) is 3.96. The third kappa shape index (κ3) is 6.27. The number of aromatic amines is 2. The van der Waals surface area contributed by atoms with Gasteiger partial charge in [0.05, 0.1) is 47.7 Å². The van der Waals surface area contributed by atoms with Crippen LogP contribution in [0.25, 0.3) is 0 Å². The smallest absolute Gasteiger partial charge is 0.119 e. The summed E-state index contributed by atoms with van der Waals surface area (Å²) in [6.45, 7) is 5.49. The molecule has 3 aromatic rings. The maximum Gasteiger partial charge on any atom is 0.119 e. The van der Waals surface area contributed by atoms with Gasteiger partial charge in [0.2, 0.25) is 0 Å². The highest BCUT2D eigenvalue weighted by atomic mass is 127. The van der Waals surface area contributed by atoms with Crippen molar-refractivity contribution in [3.8, 4) is 5.75 Å². The van der Waals surface area contributed by atoms with Gasteiger partial charge in [-0.3, -0.25) is 0 Å². The molecular formula is C22H27IN2O4S. The molecule has 3 rings (SSSR count). The van der Waals surface area contributed by atoms with Gasteiger partial charge in [-0.25, -0.2) is 0 Å². The monoisotopic (exact) mass is 542 g/mol. The van der Waals surface area contributed by atoms with E-state index in [1.807, 2.05) is 36.7 Å². The first-order valence-corrected chi connectivity index (χ1v) is 13.1. The predicted octanol–water partition coefficient (Wildman–Crippen LogP) is 5.12. The number of rotatable bonds is 14. The Labute approximate surface area is 193 Å². The molecule has 30 heavy (non-hydrogen) atoms. The molecule has 6 nitrogen and oxygen atoms in total. The van der Waals surface area contributed by atoms with Gasteiger partial charge < -0.3 is 28.4 Å².